The predicted molar refractivity (Wildman–Crippen MR) is 77.7 cm³/mol. The molecule has 0 amide bonds. The summed E-state index contributed by atoms with van der Waals surface area (Å²) in [4.78, 5) is 4.52. The fraction of sp³-hybridized carbons (Fsp3) is 0.500. The molecule has 2 aliphatic rings. The zero-order valence-electron chi connectivity index (χ0n) is 11.9. The predicted octanol–water partition coefficient (Wildman–Crippen LogP) is 3.13. The van der Waals surface area contributed by atoms with Crippen LogP contribution in [0.15, 0.2) is 28.8 Å². The van der Waals surface area contributed by atoms with Gasteiger partial charge in [-0.15, -0.1) is 0 Å². The summed E-state index contributed by atoms with van der Waals surface area (Å²) in [5, 5.41) is 4.16. The standard InChI is InChI=1S/C16H19N3O2/c17-12-3-5-13(6-4-12)20-9-15-18-16(19-21-15)14-8-10-1-2-11(14)7-10/h3-6,10-11,14H,1-2,7-9,17H2. The third-order valence-electron chi connectivity index (χ3n) is 4.80. The zero-order chi connectivity index (χ0) is 14.2. The summed E-state index contributed by atoms with van der Waals surface area (Å²) in [6.45, 7) is 0.303. The maximum Gasteiger partial charge on any atom is 0.264 e. The van der Waals surface area contributed by atoms with Crippen LogP contribution in [0.4, 0.5) is 5.69 Å². The van der Waals surface area contributed by atoms with Crippen molar-refractivity contribution >= 4 is 5.69 Å². The minimum absolute atomic E-state index is 0.303. The molecule has 1 heterocycles. The fourth-order valence-electron chi connectivity index (χ4n) is 3.75. The monoisotopic (exact) mass is 285 g/mol. The highest BCUT2D eigenvalue weighted by Crippen LogP contribution is 2.52. The van der Waals surface area contributed by atoms with E-state index in [1.54, 1.807) is 0 Å². The van der Waals surface area contributed by atoms with Crippen LogP contribution in [0.1, 0.15) is 43.3 Å². The number of rotatable bonds is 4. The van der Waals surface area contributed by atoms with Gasteiger partial charge in [0, 0.05) is 11.6 Å². The molecule has 2 aromatic rings. The van der Waals surface area contributed by atoms with Crippen molar-refractivity contribution < 1.29 is 9.26 Å². The SMILES string of the molecule is Nc1ccc(OCc2nc(C3CC4CCC3C4)no2)cc1. The van der Waals surface area contributed by atoms with Gasteiger partial charge in [0.25, 0.3) is 5.89 Å². The number of nitrogens with two attached hydrogens (primary N) is 1. The van der Waals surface area contributed by atoms with Crippen LogP contribution >= 0.6 is 0 Å². The first-order valence-electron chi connectivity index (χ1n) is 7.59. The maximum atomic E-state index is 5.64. The number of ether oxygens (including phenoxy) is 1. The molecule has 0 aliphatic heterocycles. The summed E-state index contributed by atoms with van der Waals surface area (Å²) in [6.07, 6.45) is 5.27. The second kappa shape index (κ2) is 5.06. The van der Waals surface area contributed by atoms with E-state index in [1.165, 1.54) is 25.7 Å². The summed E-state index contributed by atoms with van der Waals surface area (Å²) in [5.74, 6) is 4.32. The first-order valence-corrected chi connectivity index (χ1v) is 7.59. The number of nitrogen functional groups attached to an aromatic ring is 1. The van der Waals surface area contributed by atoms with E-state index in [0.717, 1.165) is 29.1 Å². The molecule has 3 unspecified atom stereocenters. The van der Waals surface area contributed by atoms with Gasteiger partial charge in [-0.1, -0.05) is 11.6 Å². The third kappa shape index (κ3) is 2.48. The Morgan fingerprint density at radius 2 is 2.05 bits per heavy atom. The molecule has 2 N–H and O–H groups in total. The Morgan fingerprint density at radius 1 is 1.19 bits per heavy atom. The molecule has 21 heavy (non-hydrogen) atoms. The van der Waals surface area contributed by atoms with Crippen molar-refractivity contribution in [3.63, 3.8) is 0 Å². The van der Waals surface area contributed by atoms with Crippen LogP contribution in [0.2, 0.25) is 0 Å². The van der Waals surface area contributed by atoms with Gasteiger partial charge in [-0.25, -0.2) is 0 Å². The zero-order valence-corrected chi connectivity index (χ0v) is 11.9. The highest BCUT2D eigenvalue weighted by Gasteiger charge is 2.42. The highest BCUT2D eigenvalue weighted by molar-refractivity contribution is 5.41. The van der Waals surface area contributed by atoms with Crippen molar-refractivity contribution in [2.45, 2.75) is 38.2 Å². The Bertz CT molecular complexity index is 623. The van der Waals surface area contributed by atoms with E-state index < -0.39 is 0 Å². The topological polar surface area (TPSA) is 74.2 Å². The molecule has 0 radical (unpaired) electrons. The number of fused-ring (bicyclic) bond motifs is 2. The van der Waals surface area contributed by atoms with E-state index in [2.05, 4.69) is 10.1 Å². The van der Waals surface area contributed by atoms with Crippen molar-refractivity contribution in [2.75, 3.05) is 5.73 Å². The maximum absolute atomic E-state index is 5.64. The molecule has 2 saturated carbocycles. The molecule has 2 bridgehead atoms. The van der Waals surface area contributed by atoms with Gasteiger partial charge in [0.15, 0.2) is 12.4 Å². The molecule has 5 heteroatoms. The van der Waals surface area contributed by atoms with E-state index in [4.69, 9.17) is 15.0 Å². The van der Waals surface area contributed by atoms with Gasteiger partial charge in [-0.05, 0) is 55.4 Å². The number of aromatic nitrogens is 2. The number of hydrogen-bond donors (Lipinski definition) is 1. The Kier molecular flexibility index (Phi) is 3.05. The molecular formula is C16H19N3O2. The first kappa shape index (κ1) is 12.7. The van der Waals surface area contributed by atoms with Crippen molar-refractivity contribution in [2.24, 2.45) is 11.8 Å². The lowest BCUT2D eigenvalue weighted by molar-refractivity contribution is 0.242. The second-order valence-corrected chi connectivity index (χ2v) is 6.19. The molecule has 5 nitrogen and oxygen atoms in total. The van der Waals surface area contributed by atoms with Gasteiger partial charge in [0.1, 0.15) is 5.75 Å². The summed E-state index contributed by atoms with van der Waals surface area (Å²) >= 11 is 0. The smallest absolute Gasteiger partial charge is 0.264 e. The summed E-state index contributed by atoms with van der Waals surface area (Å²) in [5.41, 5.74) is 6.36. The van der Waals surface area contributed by atoms with Crippen LogP contribution < -0.4 is 10.5 Å². The lowest BCUT2D eigenvalue weighted by Gasteiger charge is -2.17. The minimum atomic E-state index is 0.303. The fourth-order valence-corrected chi connectivity index (χ4v) is 3.75. The van der Waals surface area contributed by atoms with E-state index in [-0.39, 0.29) is 0 Å². The minimum Gasteiger partial charge on any atom is -0.484 e. The van der Waals surface area contributed by atoms with Gasteiger partial charge in [-0.2, -0.15) is 4.98 Å². The number of anilines is 1. The normalized spacial score (nSPS) is 27.1. The van der Waals surface area contributed by atoms with Crippen LogP contribution in [0.5, 0.6) is 5.75 Å². The van der Waals surface area contributed by atoms with Crippen LogP contribution in [0.25, 0.3) is 0 Å². The molecule has 3 atom stereocenters. The quantitative estimate of drug-likeness (QED) is 0.873. The Labute approximate surface area is 123 Å². The Hall–Kier alpha value is -2.04. The second-order valence-electron chi connectivity index (χ2n) is 6.19. The molecule has 1 aromatic heterocycles. The van der Waals surface area contributed by atoms with Crippen molar-refractivity contribution in [3.05, 3.63) is 36.0 Å². The molecule has 4 rings (SSSR count). The van der Waals surface area contributed by atoms with E-state index in [9.17, 15) is 0 Å². The summed E-state index contributed by atoms with van der Waals surface area (Å²) in [6, 6.07) is 7.29. The Morgan fingerprint density at radius 3 is 2.76 bits per heavy atom. The molecule has 2 aliphatic carbocycles. The summed E-state index contributed by atoms with van der Waals surface area (Å²) in [7, 11) is 0. The largest absolute Gasteiger partial charge is 0.484 e. The molecule has 1 aromatic carbocycles. The van der Waals surface area contributed by atoms with Gasteiger partial charge in [-0.3, -0.25) is 0 Å². The average Bonchev–Trinajstić information content (AvgIpc) is 3.22. The van der Waals surface area contributed by atoms with Crippen LogP contribution in [0.3, 0.4) is 0 Å². The van der Waals surface area contributed by atoms with E-state index >= 15 is 0 Å². The number of nitrogens with zero attached hydrogens (tertiary/aromatic N) is 2. The van der Waals surface area contributed by atoms with Crippen LogP contribution in [-0.2, 0) is 6.61 Å². The number of hydrogen-bond acceptors (Lipinski definition) is 5. The average molecular weight is 285 g/mol. The molecule has 0 spiro atoms. The number of benzene rings is 1. The van der Waals surface area contributed by atoms with Crippen molar-refractivity contribution in [1.29, 1.82) is 0 Å². The lowest BCUT2D eigenvalue weighted by Crippen LogP contribution is -2.10. The molecule has 110 valence electrons. The lowest BCUT2D eigenvalue weighted by atomic mass is 9.88. The van der Waals surface area contributed by atoms with Crippen molar-refractivity contribution in [3.8, 4) is 5.75 Å². The molecule has 2 fully saturated rings. The van der Waals surface area contributed by atoms with E-state index in [0.29, 0.717) is 18.4 Å². The van der Waals surface area contributed by atoms with Gasteiger partial charge >= 0.3 is 0 Å². The molecule has 0 saturated heterocycles. The van der Waals surface area contributed by atoms with E-state index in [1.807, 2.05) is 24.3 Å². The van der Waals surface area contributed by atoms with Gasteiger partial charge < -0.3 is 15.0 Å². The molecular weight excluding hydrogens is 266 g/mol. The highest BCUT2D eigenvalue weighted by atomic mass is 16.5. The summed E-state index contributed by atoms with van der Waals surface area (Å²) < 4.78 is 11.0. The van der Waals surface area contributed by atoms with Crippen LogP contribution in [0, 0.1) is 11.8 Å². The Balaban J connectivity index is 1.39. The first-order chi connectivity index (χ1) is 10.3. The van der Waals surface area contributed by atoms with Crippen molar-refractivity contribution in [1.82, 2.24) is 10.1 Å². The van der Waals surface area contributed by atoms with Gasteiger partial charge in [0.05, 0.1) is 0 Å². The van der Waals surface area contributed by atoms with Gasteiger partial charge in [0.2, 0.25) is 0 Å². The third-order valence-corrected chi connectivity index (χ3v) is 4.80. The van der Waals surface area contributed by atoms with Crippen LogP contribution in [-0.4, -0.2) is 10.1 Å².